The number of nitrogens with two attached hydrogens (primary N) is 2. The molecular weight excluding hydrogens is 486 g/mol. The predicted molar refractivity (Wildman–Crippen MR) is 158 cm³/mol. The first-order valence-electron chi connectivity index (χ1n) is 12.9. The number of hydrogen-bond donors (Lipinski definition) is 5. The van der Waals surface area contributed by atoms with Crippen LogP contribution in [0.3, 0.4) is 0 Å². The number of nitrogen functional groups attached to an aromatic ring is 2. The average Bonchev–Trinajstić information content (AvgIpc) is 3.13. The second-order valence-electron chi connectivity index (χ2n) is 11.0. The van der Waals surface area contributed by atoms with Crippen LogP contribution in [-0.2, 0) is 10.8 Å². The van der Waals surface area contributed by atoms with Crippen molar-refractivity contribution in [2.45, 2.75) is 38.0 Å². The quantitative estimate of drug-likeness (QED) is 0.162. The summed E-state index contributed by atoms with van der Waals surface area (Å²) in [5, 5.41) is 2.96. The standard InChI is InChI=1S/C32H33N5O2/c1-31(2)19-32(3,22-8-14-25(15-9-22)35-29(38)20-4-10-23(33)11-5-20)27-17-16-26(18-28(27)31)36-37-30(39)21-6-12-24(34)13-7-21/h4-18,36H,19,33-34H2,1-3H3,(H,35,38)(H,37,39). The van der Waals surface area contributed by atoms with E-state index in [0.717, 1.165) is 17.8 Å². The molecule has 5 rings (SSSR count). The highest BCUT2D eigenvalue weighted by molar-refractivity contribution is 6.04. The molecule has 0 spiro atoms. The van der Waals surface area contributed by atoms with E-state index in [2.05, 4.69) is 61.2 Å². The van der Waals surface area contributed by atoms with E-state index >= 15 is 0 Å². The summed E-state index contributed by atoms with van der Waals surface area (Å²) < 4.78 is 0. The van der Waals surface area contributed by atoms with E-state index in [9.17, 15) is 9.59 Å². The normalized spacial score (nSPS) is 17.2. The lowest BCUT2D eigenvalue weighted by molar-refractivity contribution is 0.0961. The van der Waals surface area contributed by atoms with Gasteiger partial charge >= 0.3 is 0 Å². The summed E-state index contributed by atoms with van der Waals surface area (Å²) in [6.45, 7) is 6.75. The number of fused-ring (bicyclic) bond motifs is 1. The molecule has 7 nitrogen and oxygen atoms in total. The minimum atomic E-state index is -0.233. The van der Waals surface area contributed by atoms with Crippen LogP contribution in [0.5, 0.6) is 0 Å². The Morgan fingerprint density at radius 1 is 0.667 bits per heavy atom. The van der Waals surface area contributed by atoms with Crippen LogP contribution in [0.4, 0.5) is 22.7 Å². The van der Waals surface area contributed by atoms with E-state index in [-0.39, 0.29) is 22.6 Å². The molecular formula is C32H33N5O2. The number of carbonyl (C=O) groups is 2. The number of hydrazine groups is 1. The molecule has 2 amide bonds. The van der Waals surface area contributed by atoms with E-state index in [1.54, 1.807) is 48.5 Å². The molecule has 1 aliphatic rings. The molecule has 198 valence electrons. The van der Waals surface area contributed by atoms with E-state index < -0.39 is 0 Å². The fourth-order valence-electron chi connectivity index (χ4n) is 5.59. The van der Waals surface area contributed by atoms with Crippen LogP contribution in [0.15, 0.2) is 91.0 Å². The molecule has 1 atom stereocenters. The molecule has 0 aliphatic heterocycles. The highest BCUT2D eigenvalue weighted by Gasteiger charge is 2.45. The first-order chi connectivity index (χ1) is 18.5. The van der Waals surface area contributed by atoms with E-state index in [1.807, 2.05) is 18.2 Å². The molecule has 0 saturated heterocycles. The van der Waals surface area contributed by atoms with Gasteiger partial charge in [-0.1, -0.05) is 39.0 Å². The molecule has 0 bridgehead atoms. The van der Waals surface area contributed by atoms with Crippen molar-refractivity contribution in [1.82, 2.24) is 5.43 Å². The largest absolute Gasteiger partial charge is 0.399 e. The molecule has 39 heavy (non-hydrogen) atoms. The Labute approximate surface area is 228 Å². The van der Waals surface area contributed by atoms with Gasteiger partial charge in [-0.25, -0.2) is 0 Å². The van der Waals surface area contributed by atoms with Gasteiger partial charge < -0.3 is 16.8 Å². The van der Waals surface area contributed by atoms with Crippen molar-refractivity contribution in [2.75, 3.05) is 22.2 Å². The van der Waals surface area contributed by atoms with Crippen LogP contribution in [0.1, 0.15) is 64.6 Å². The lowest BCUT2D eigenvalue weighted by Gasteiger charge is -2.28. The number of benzene rings is 4. The Hall–Kier alpha value is -4.78. The summed E-state index contributed by atoms with van der Waals surface area (Å²) >= 11 is 0. The third kappa shape index (κ3) is 5.16. The van der Waals surface area contributed by atoms with Crippen LogP contribution < -0.4 is 27.6 Å². The maximum atomic E-state index is 12.6. The Balaban J connectivity index is 1.32. The van der Waals surface area contributed by atoms with Crippen molar-refractivity contribution < 1.29 is 9.59 Å². The number of rotatable bonds is 6. The highest BCUT2D eigenvalue weighted by atomic mass is 16.2. The third-order valence-electron chi connectivity index (χ3n) is 7.58. The second kappa shape index (κ2) is 9.83. The molecule has 0 heterocycles. The van der Waals surface area contributed by atoms with Gasteiger partial charge in [-0.2, -0.15) is 0 Å². The highest BCUT2D eigenvalue weighted by Crippen LogP contribution is 2.53. The summed E-state index contributed by atoms with van der Waals surface area (Å²) in [5.74, 6) is -0.409. The fourth-order valence-corrected chi connectivity index (χ4v) is 5.59. The maximum absolute atomic E-state index is 12.6. The third-order valence-corrected chi connectivity index (χ3v) is 7.58. The predicted octanol–water partition coefficient (Wildman–Crippen LogP) is 5.85. The lowest BCUT2D eigenvalue weighted by atomic mass is 9.75. The zero-order valence-corrected chi connectivity index (χ0v) is 22.3. The molecule has 1 unspecified atom stereocenters. The van der Waals surface area contributed by atoms with E-state index in [0.29, 0.717) is 22.5 Å². The minimum Gasteiger partial charge on any atom is -0.399 e. The van der Waals surface area contributed by atoms with Crippen molar-refractivity contribution in [3.8, 4) is 0 Å². The van der Waals surface area contributed by atoms with Crippen LogP contribution in [-0.4, -0.2) is 11.8 Å². The first kappa shape index (κ1) is 25.9. The van der Waals surface area contributed by atoms with Gasteiger partial charge in [0.1, 0.15) is 0 Å². The molecule has 0 aromatic heterocycles. The van der Waals surface area contributed by atoms with Gasteiger partial charge in [0, 0.05) is 33.6 Å². The minimum absolute atomic E-state index is 0.0786. The van der Waals surface area contributed by atoms with Crippen LogP contribution >= 0.6 is 0 Å². The number of anilines is 4. The second-order valence-corrected chi connectivity index (χ2v) is 11.0. The SMILES string of the molecule is CC1(C)CC(C)(c2ccc(NC(=O)c3ccc(N)cc3)cc2)c2ccc(NNC(=O)c3ccc(N)cc3)cc21. The van der Waals surface area contributed by atoms with Gasteiger partial charge in [-0.3, -0.25) is 20.4 Å². The zero-order chi connectivity index (χ0) is 27.8. The van der Waals surface area contributed by atoms with Gasteiger partial charge in [0.15, 0.2) is 0 Å². The van der Waals surface area contributed by atoms with Gasteiger partial charge in [0.05, 0.1) is 5.69 Å². The number of hydrogen-bond acceptors (Lipinski definition) is 5. The Kier molecular flexibility index (Phi) is 6.52. The Bertz CT molecular complexity index is 1530. The number of amides is 2. The maximum Gasteiger partial charge on any atom is 0.269 e. The Morgan fingerprint density at radius 3 is 1.79 bits per heavy atom. The van der Waals surface area contributed by atoms with Crippen LogP contribution in [0.25, 0.3) is 0 Å². The van der Waals surface area contributed by atoms with Crippen LogP contribution in [0.2, 0.25) is 0 Å². The van der Waals surface area contributed by atoms with Crippen LogP contribution in [0, 0.1) is 0 Å². The summed E-state index contributed by atoms with van der Waals surface area (Å²) in [6.07, 6.45) is 0.924. The molecule has 7 N–H and O–H groups in total. The van der Waals surface area contributed by atoms with Gasteiger partial charge in [-0.15, -0.1) is 0 Å². The molecule has 4 aromatic rings. The lowest BCUT2D eigenvalue weighted by Crippen LogP contribution is -2.29. The van der Waals surface area contributed by atoms with E-state index in [4.69, 9.17) is 11.5 Å². The van der Waals surface area contributed by atoms with E-state index in [1.165, 1.54) is 16.7 Å². The van der Waals surface area contributed by atoms with Crippen molar-refractivity contribution in [3.63, 3.8) is 0 Å². The molecule has 7 heteroatoms. The molecule has 1 aliphatic carbocycles. The number of nitrogens with one attached hydrogen (secondary N) is 3. The van der Waals surface area contributed by atoms with Crippen molar-refractivity contribution in [3.05, 3.63) is 119 Å². The molecule has 0 radical (unpaired) electrons. The zero-order valence-electron chi connectivity index (χ0n) is 22.3. The summed E-state index contributed by atoms with van der Waals surface area (Å²) in [6, 6.07) is 28.0. The summed E-state index contributed by atoms with van der Waals surface area (Å²) in [7, 11) is 0. The summed E-state index contributed by atoms with van der Waals surface area (Å²) in [5.41, 5.74) is 24.5. The monoisotopic (exact) mass is 519 g/mol. The van der Waals surface area contributed by atoms with Crippen molar-refractivity contribution in [1.29, 1.82) is 0 Å². The van der Waals surface area contributed by atoms with Gasteiger partial charge in [0.2, 0.25) is 0 Å². The van der Waals surface area contributed by atoms with Gasteiger partial charge in [0.25, 0.3) is 11.8 Å². The number of carbonyl (C=O) groups excluding carboxylic acids is 2. The van der Waals surface area contributed by atoms with Crippen molar-refractivity contribution >= 4 is 34.6 Å². The molecule has 0 saturated carbocycles. The molecule has 4 aromatic carbocycles. The van der Waals surface area contributed by atoms with Crippen molar-refractivity contribution in [2.24, 2.45) is 0 Å². The smallest absolute Gasteiger partial charge is 0.269 e. The van der Waals surface area contributed by atoms with Gasteiger partial charge in [-0.05, 0) is 101 Å². The first-order valence-corrected chi connectivity index (χ1v) is 12.9. The summed E-state index contributed by atoms with van der Waals surface area (Å²) in [4.78, 5) is 25.1. The average molecular weight is 520 g/mol. The fraction of sp³-hybridized carbons (Fsp3) is 0.188. The topological polar surface area (TPSA) is 122 Å². The molecule has 0 fully saturated rings. The Morgan fingerprint density at radius 2 is 1.21 bits per heavy atom.